The highest BCUT2D eigenvalue weighted by Gasteiger charge is 2.46. The highest BCUT2D eigenvalue weighted by atomic mass is 19.4. The second-order valence-corrected chi connectivity index (χ2v) is 4.91. The first-order valence-corrected chi connectivity index (χ1v) is 6.31. The van der Waals surface area contributed by atoms with Crippen molar-refractivity contribution < 1.29 is 22.7 Å². The van der Waals surface area contributed by atoms with E-state index in [1.54, 1.807) is 0 Å². The van der Waals surface area contributed by atoms with E-state index in [0.29, 0.717) is 18.7 Å². The molecule has 1 atom stereocenters. The van der Waals surface area contributed by atoms with Gasteiger partial charge in [0.05, 0.1) is 0 Å². The van der Waals surface area contributed by atoms with Gasteiger partial charge in [-0.15, -0.1) is 0 Å². The topological polar surface area (TPSA) is 35.5 Å². The van der Waals surface area contributed by atoms with Crippen LogP contribution in [0.2, 0.25) is 0 Å². The molecule has 7 heteroatoms. The zero-order valence-electron chi connectivity index (χ0n) is 11.0. The van der Waals surface area contributed by atoms with Gasteiger partial charge in [-0.05, 0) is 18.6 Å². The molecular weight excluding hydrogens is 276 g/mol. The minimum atomic E-state index is -4.57. The van der Waals surface area contributed by atoms with Crippen molar-refractivity contribution in [2.75, 3.05) is 26.2 Å². The van der Waals surface area contributed by atoms with Gasteiger partial charge in [-0.3, -0.25) is 4.90 Å². The molecule has 0 unspecified atom stereocenters. The zero-order chi connectivity index (χ0) is 14.9. The van der Waals surface area contributed by atoms with Crippen LogP contribution in [0.15, 0.2) is 12.1 Å². The van der Waals surface area contributed by atoms with Gasteiger partial charge in [0.1, 0.15) is 6.04 Å². The number of hydrogen-bond acceptors (Lipinski definition) is 3. The van der Waals surface area contributed by atoms with E-state index in [-0.39, 0.29) is 13.1 Å². The molecule has 0 saturated carbocycles. The fourth-order valence-corrected chi connectivity index (χ4v) is 2.49. The first-order chi connectivity index (χ1) is 9.30. The molecule has 2 N–H and O–H groups in total. The number of aromatic hydroxyl groups is 1. The van der Waals surface area contributed by atoms with E-state index in [1.807, 2.05) is 0 Å². The maximum absolute atomic E-state index is 13.5. The van der Waals surface area contributed by atoms with E-state index in [1.165, 1.54) is 17.9 Å². The van der Waals surface area contributed by atoms with Crippen LogP contribution < -0.4 is 5.32 Å². The van der Waals surface area contributed by atoms with Gasteiger partial charge in [-0.1, -0.05) is 6.07 Å². The molecule has 0 radical (unpaired) electrons. The van der Waals surface area contributed by atoms with Gasteiger partial charge in [-0.2, -0.15) is 13.2 Å². The highest BCUT2D eigenvalue weighted by Crippen LogP contribution is 2.42. The van der Waals surface area contributed by atoms with Crippen LogP contribution in [0.25, 0.3) is 0 Å². The number of phenols is 1. The fraction of sp³-hybridized carbons (Fsp3) is 0.538. The van der Waals surface area contributed by atoms with Crippen molar-refractivity contribution in [3.05, 3.63) is 29.1 Å². The summed E-state index contributed by atoms with van der Waals surface area (Å²) in [4.78, 5) is 1.21. The number of nitrogens with zero attached hydrogens (tertiary/aromatic N) is 1. The maximum Gasteiger partial charge on any atom is 0.408 e. The highest BCUT2D eigenvalue weighted by molar-refractivity contribution is 5.40. The Kier molecular flexibility index (Phi) is 4.19. The molecule has 1 aliphatic rings. The number of hydrogen-bond donors (Lipinski definition) is 2. The van der Waals surface area contributed by atoms with Gasteiger partial charge in [0.15, 0.2) is 11.6 Å². The van der Waals surface area contributed by atoms with Gasteiger partial charge >= 0.3 is 6.18 Å². The van der Waals surface area contributed by atoms with Crippen molar-refractivity contribution in [2.24, 2.45) is 0 Å². The predicted octanol–water partition coefficient (Wildman–Crippen LogP) is 2.35. The van der Waals surface area contributed by atoms with Crippen molar-refractivity contribution >= 4 is 0 Å². The fourth-order valence-electron chi connectivity index (χ4n) is 2.49. The molecular formula is C13H16F4N2O. The van der Waals surface area contributed by atoms with E-state index >= 15 is 0 Å². The Bertz CT molecular complexity index is 484. The quantitative estimate of drug-likeness (QED) is 0.821. The van der Waals surface area contributed by atoms with Crippen LogP contribution >= 0.6 is 0 Å². The van der Waals surface area contributed by atoms with Gasteiger partial charge in [0.2, 0.25) is 0 Å². The molecule has 0 aromatic heterocycles. The Morgan fingerprint density at radius 3 is 2.40 bits per heavy atom. The number of aryl methyl sites for hydroxylation is 1. The Hall–Kier alpha value is -1.34. The summed E-state index contributed by atoms with van der Waals surface area (Å²) >= 11 is 0. The Morgan fingerprint density at radius 2 is 1.85 bits per heavy atom. The number of phenolic OH excluding ortho intramolecular Hbond substituents is 1. The number of benzene rings is 1. The van der Waals surface area contributed by atoms with Gasteiger partial charge in [-0.25, -0.2) is 4.39 Å². The Morgan fingerprint density at radius 1 is 1.25 bits per heavy atom. The number of piperazine rings is 1. The van der Waals surface area contributed by atoms with E-state index < -0.39 is 29.3 Å². The lowest BCUT2D eigenvalue weighted by molar-refractivity contribution is -0.188. The second-order valence-electron chi connectivity index (χ2n) is 4.91. The number of rotatable bonds is 2. The molecule has 0 bridgehead atoms. The summed E-state index contributed by atoms with van der Waals surface area (Å²) < 4.78 is 53.5. The van der Waals surface area contributed by atoms with Crippen molar-refractivity contribution in [3.8, 4) is 5.75 Å². The molecule has 2 rings (SSSR count). The molecule has 0 spiro atoms. The molecule has 0 aliphatic carbocycles. The summed E-state index contributed by atoms with van der Waals surface area (Å²) in [7, 11) is 0. The first-order valence-electron chi connectivity index (χ1n) is 6.31. The molecule has 1 aliphatic heterocycles. The zero-order valence-corrected chi connectivity index (χ0v) is 11.0. The van der Waals surface area contributed by atoms with E-state index in [0.717, 1.165) is 6.07 Å². The summed E-state index contributed by atoms with van der Waals surface area (Å²) in [6.07, 6.45) is -4.57. The number of nitrogens with one attached hydrogen (secondary N) is 1. The molecule has 1 heterocycles. The lowest BCUT2D eigenvalue weighted by atomic mass is 10.00. The van der Waals surface area contributed by atoms with E-state index in [4.69, 9.17) is 0 Å². The number of halogens is 4. The lowest BCUT2D eigenvalue weighted by Gasteiger charge is -2.36. The van der Waals surface area contributed by atoms with Crippen LogP contribution in [0.5, 0.6) is 5.75 Å². The third-order valence-corrected chi connectivity index (χ3v) is 3.36. The van der Waals surface area contributed by atoms with Crippen molar-refractivity contribution in [1.82, 2.24) is 10.2 Å². The second kappa shape index (κ2) is 5.57. The minimum Gasteiger partial charge on any atom is -0.505 e. The normalized spacial score (nSPS) is 19.1. The summed E-state index contributed by atoms with van der Waals surface area (Å²) in [5, 5.41) is 12.6. The predicted molar refractivity (Wildman–Crippen MR) is 66.0 cm³/mol. The van der Waals surface area contributed by atoms with Crippen LogP contribution in [-0.4, -0.2) is 42.4 Å². The Balaban J connectivity index is 2.46. The summed E-state index contributed by atoms with van der Waals surface area (Å²) in [5.41, 5.74) is -0.0726. The van der Waals surface area contributed by atoms with Crippen molar-refractivity contribution in [2.45, 2.75) is 19.1 Å². The van der Waals surface area contributed by atoms with Gasteiger partial charge < -0.3 is 10.4 Å². The smallest absolute Gasteiger partial charge is 0.408 e. The molecule has 112 valence electrons. The standard InChI is InChI=1S/C13H16F4N2O/c1-8-6-9(11(20)10(14)7-8)12(13(15,16)17)19-4-2-18-3-5-19/h6-7,12,18,20H,2-5H2,1H3/t12-/m1/s1. The van der Waals surface area contributed by atoms with E-state index in [9.17, 15) is 22.7 Å². The molecule has 1 saturated heterocycles. The average Bonchev–Trinajstić information content (AvgIpc) is 2.35. The SMILES string of the molecule is Cc1cc(F)c(O)c([C@@H](N2CCNCC2)C(F)(F)F)c1. The third-order valence-electron chi connectivity index (χ3n) is 3.36. The van der Waals surface area contributed by atoms with Crippen LogP contribution in [0.3, 0.4) is 0 Å². The largest absolute Gasteiger partial charge is 0.505 e. The molecule has 3 nitrogen and oxygen atoms in total. The first kappa shape index (κ1) is 15.1. The van der Waals surface area contributed by atoms with Crippen LogP contribution in [0.1, 0.15) is 17.2 Å². The monoisotopic (exact) mass is 292 g/mol. The molecule has 1 fully saturated rings. The lowest BCUT2D eigenvalue weighted by Crippen LogP contribution is -2.49. The van der Waals surface area contributed by atoms with Crippen LogP contribution in [-0.2, 0) is 0 Å². The molecule has 1 aromatic rings. The molecule has 20 heavy (non-hydrogen) atoms. The number of alkyl halides is 3. The average molecular weight is 292 g/mol. The van der Waals surface area contributed by atoms with E-state index in [2.05, 4.69) is 5.32 Å². The third kappa shape index (κ3) is 3.04. The summed E-state index contributed by atoms with van der Waals surface area (Å²) in [6, 6.07) is 0.224. The van der Waals surface area contributed by atoms with Crippen molar-refractivity contribution in [1.29, 1.82) is 0 Å². The maximum atomic E-state index is 13.5. The van der Waals surface area contributed by atoms with Crippen molar-refractivity contribution in [3.63, 3.8) is 0 Å². The molecule has 1 aromatic carbocycles. The van der Waals surface area contributed by atoms with Gasteiger partial charge in [0.25, 0.3) is 0 Å². The summed E-state index contributed by atoms with van der Waals surface area (Å²) in [5.74, 6) is -1.94. The molecule has 0 amide bonds. The van der Waals surface area contributed by atoms with Crippen LogP contribution in [0, 0.1) is 12.7 Å². The minimum absolute atomic E-state index is 0.194. The van der Waals surface area contributed by atoms with Gasteiger partial charge in [0, 0.05) is 31.7 Å². The van der Waals surface area contributed by atoms with Crippen LogP contribution in [0.4, 0.5) is 17.6 Å². The summed E-state index contributed by atoms with van der Waals surface area (Å²) in [6.45, 7) is 2.75. The Labute approximate surface area is 114 Å².